The number of hydrogen-bond acceptors (Lipinski definition) is 4. The second kappa shape index (κ2) is 9.70. The molecule has 0 unspecified atom stereocenters. The fourth-order valence-corrected chi connectivity index (χ4v) is 3.32. The van der Waals surface area contributed by atoms with Crippen molar-refractivity contribution in [2.75, 3.05) is 13.1 Å². The highest BCUT2D eigenvalue weighted by atomic mass is 32.2. The van der Waals surface area contributed by atoms with E-state index in [0.29, 0.717) is 13.0 Å². The minimum atomic E-state index is -4.87. The van der Waals surface area contributed by atoms with E-state index in [4.69, 9.17) is 0 Å². The Bertz CT molecular complexity index is 914. The molecule has 1 amide bonds. The van der Waals surface area contributed by atoms with Gasteiger partial charge in [-0.1, -0.05) is 12.1 Å². The molecule has 29 heavy (non-hydrogen) atoms. The molecule has 0 saturated carbocycles. The van der Waals surface area contributed by atoms with Gasteiger partial charge in [0.1, 0.15) is 11.6 Å². The number of benzene rings is 2. The van der Waals surface area contributed by atoms with Crippen molar-refractivity contribution in [1.29, 1.82) is 0 Å². The molecule has 0 atom stereocenters. The van der Waals surface area contributed by atoms with Crippen LogP contribution in [0.25, 0.3) is 0 Å². The Morgan fingerprint density at radius 2 is 1.59 bits per heavy atom. The quantitative estimate of drug-likeness (QED) is 0.595. The van der Waals surface area contributed by atoms with E-state index in [9.17, 15) is 30.8 Å². The van der Waals surface area contributed by atoms with Gasteiger partial charge in [-0.15, -0.1) is 13.2 Å². The van der Waals surface area contributed by atoms with Crippen LogP contribution in [0.1, 0.15) is 12.0 Å². The number of amides is 1. The molecule has 0 radical (unpaired) electrons. The van der Waals surface area contributed by atoms with E-state index in [2.05, 4.69) is 14.8 Å². The normalized spacial score (nSPS) is 11.9. The van der Waals surface area contributed by atoms with Crippen LogP contribution in [0, 0.1) is 5.82 Å². The van der Waals surface area contributed by atoms with Crippen LogP contribution in [0.15, 0.2) is 53.4 Å². The van der Waals surface area contributed by atoms with E-state index < -0.39 is 22.1 Å². The summed E-state index contributed by atoms with van der Waals surface area (Å²) in [6.07, 6.45) is -4.51. The highest BCUT2D eigenvalue weighted by molar-refractivity contribution is 7.89. The van der Waals surface area contributed by atoms with Crippen LogP contribution in [-0.4, -0.2) is 33.8 Å². The first-order valence-corrected chi connectivity index (χ1v) is 9.90. The number of halogens is 4. The minimum absolute atomic E-state index is 0.127. The predicted octanol–water partition coefficient (Wildman–Crippen LogP) is 2.75. The van der Waals surface area contributed by atoms with Gasteiger partial charge in [0.15, 0.2) is 0 Å². The highest BCUT2D eigenvalue weighted by Gasteiger charge is 2.31. The summed E-state index contributed by atoms with van der Waals surface area (Å²) in [4.78, 5) is 11.5. The van der Waals surface area contributed by atoms with Crippen molar-refractivity contribution in [2.45, 2.75) is 24.1 Å². The number of rotatable bonds is 9. The summed E-state index contributed by atoms with van der Waals surface area (Å²) in [6.45, 7) is 0.114. The first kappa shape index (κ1) is 22.6. The predicted molar refractivity (Wildman–Crippen MR) is 96.0 cm³/mol. The second-order valence-corrected chi connectivity index (χ2v) is 7.66. The zero-order valence-corrected chi connectivity index (χ0v) is 15.8. The van der Waals surface area contributed by atoms with Crippen LogP contribution in [-0.2, 0) is 21.2 Å². The Balaban J connectivity index is 1.75. The maximum absolute atomic E-state index is 12.8. The van der Waals surface area contributed by atoms with Crippen molar-refractivity contribution >= 4 is 15.9 Å². The Morgan fingerprint density at radius 1 is 0.966 bits per heavy atom. The summed E-state index contributed by atoms with van der Waals surface area (Å²) >= 11 is 0. The molecular formula is C18H18F4N2O4S. The maximum atomic E-state index is 12.8. The average Bonchev–Trinajstić information content (AvgIpc) is 2.62. The summed E-state index contributed by atoms with van der Waals surface area (Å²) in [7, 11) is -3.99. The van der Waals surface area contributed by atoms with Gasteiger partial charge >= 0.3 is 6.36 Å². The lowest BCUT2D eigenvalue weighted by Gasteiger charge is -2.10. The van der Waals surface area contributed by atoms with Gasteiger partial charge in [-0.05, 0) is 48.4 Å². The van der Waals surface area contributed by atoms with Gasteiger partial charge < -0.3 is 10.1 Å². The fraction of sp³-hybridized carbons (Fsp3) is 0.278. The fourth-order valence-electron chi connectivity index (χ4n) is 2.29. The van der Waals surface area contributed by atoms with Crippen molar-refractivity contribution < 1.29 is 35.5 Å². The van der Waals surface area contributed by atoms with Gasteiger partial charge in [0, 0.05) is 19.5 Å². The van der Waals surface area contributed by atoms with Crippen LogP contribution in [0.4, 0.5) is 17.6 Å². The number of alkyl halides is 3. The minimum Gasteiger partial charge on any atom is -0.406 e. The van der Waals surface area contributed by atoms with Crippen LogP contribution in [0.5, 0.6) is 5.75 Å². The molecule has 6 nitrogen and oxygen atoms in total. The van der Waals surface area contributed by atoms with E-state index in [1.165, 1.54) is 12.1 Å². The van der Waals surface area contributed by atoms with Crippen molar-refractivity contribution in [3.63, 3.8) is 0 Å². The third kappa shape index (κ3) is 8.08. The molecule has 2 aromatic rings. The first-order valence-electron chi connectivity index (χ1n) is 8.42. The third-order valence-electron chi connectivity index (χ3n) is 3.66. The highest BCUT2D eigenvalue weighted by Crippen LogP contribution is 2.23. The van der Waals surface area contributed by atoms with Gasteiger partial charge in [0.25, 0.3) is 0 Å². The lowest BCUT2D eigenvalue weighted by Crippen LogP contribution is -2.31. The lowest BCUT2D eigenvalue weighted by molar-refractivity contribution is -0.274. The van der Waals surface area contributed by atoms with Crippen molar-refractivity contribution in [1.82, 2.24) is 10.0 Å². The molecule has 0 bridgehead atoms. The molecule has 0 aromatic heterocycles. The van der Waals surface area contributed by atoms with Crippen LogP contribution in [0.2, 0.25) is 0 Å². The Kier molecular flexibility index (Phi) is 7.57. The standard InChI is InChI=1S/C18H18F4N2O4S/c19-14-3-1-13(2-4-14)9-11-23-17(25)10-12-24-29(26,27)16-7-5-15(6-8-16)28-18(20,21)22/h1-8,24H,9-12H2,(H,23,25). The van der Waals surface area contributed by atoms with Crippen molar-refractivity contribution in [3.8, 4) is 5.75 Å². The second-order valence-electron chi connectivity index (χ2n) is 5.89. The number of ether oxygens (including phenoxy) is 1. The van der Waals surface area contributed by atoms with Crippen LogP contribution < -0.4 is 14.8 Å². The number of carbonyl (C=O) groups excluding carboxylic acids is 1. The van der Waals surface area contributed by atoms with Crippen molar-refractivity contribution in [3.05, 3.63) is 59.9 Å². The van der Waals surface area contributed by atoms with E-state index in [0.717, 1.165) is 29.8 Å². The molecule has 0 fully saturated rings. The Morgan fingerprint density at radius 3 is 2.17 bits per heavy atom. The number of hydrogen-bond donors (Lipinski definition) is 2. The van der Waals surface area contributed by atoms with E-state index in [1.807, 2.05) is 0 Å². The SMILES string of the molecule is O=C(CCNS(=O)(=O)c1ccc(OC(F)(F)F)cc1)NCCc1ccc(F)cc1. The smallest absolute Gasteiger partial charge is 0.406 e. The molecule has 0 aliphatic heterocycles. The Hall–Kier alpha value is -2.66. The van der Waals surface area contributed by atoms with Gasteiger partial charge in [0.05, 0.1) is 4.90 Å². The zero-order valence-electron chi connectivity index (χ0n) is 15.0. The van der Waals surface area contributed by atoms with Crippen LogP contribution in [0.3, 0.4) is 0 Å². The molecule has 0 heterocycles. The summed E-state index contributed by atoms with van der Waals surface area (Å²) < 4.78 is 79.2. The van der Waals surface area contributed by atoms with Crippen LogP contribution >= 0.6 is 0 Å². The molecule has 0 aliphatic rings. The topological polar surface area (TPSA) is 84.5 Å². The number of nitrogens with one attached hydrogen (secondary N) is 2. The molecule has 0 spiro atoms. The van der Waals surface area contributed by atoms with E-state index >= 15 is 0 Å². The molecule has 2 N–H and O–H groups in total. The van der Waals surface area contributed by atoms with Gasteiger partial charge in [-0.2, -0.15) is 0 Å². The summed E-state index contributed by atoms with van der Waals surface area (Å²) in [5.74, 6) is -1.28. The molecule has 0 aliphatic carbocycles. The monoisotopic (exact) mass is 434 g/mol. The van der Waals surface area contributed by atoms with Gasteiger partial charge in [0.2, 0.25) is 15.9 Å². The number of sulfonamides is 1. The molecule has 158 valence electrons. The molecule has 2 aromatic carbocycles. The Labute approximate surface area is 164 Å². The zero-order chi connectivity index (χ0) is 21.5. The maximum Gasteiger partial charge on any atom is 0.573 e. The molecule has 11 heteroatoms. The van der Waals surface area contributed by atoms with Gasteiger partial charge in [-0.3, -0.25) is 4.79 Å². The van der Waals surface area contributed by atoms with Gasteiger partial charge in [-0.25, -0.2) is 17.5 Å². The largest absolute Gasteiger partial charge is 0.573 e. The average molecular weight is 434 g/mol. The van der Waals surface area contributed by atoms with Crippen molar-refractivity contribution in [2.24, 2.45) is 0 Å². The lowest BCUT2D eigenvalue weighted by atomic mass is 10.1. The summed E-state index contributed by atoms with van der Waals surface area (Å²) in [6, 6.07) is 9.51. The molecule has 2 rings (SSSR count). The molecule has 0 saturated heterocycles. The summed E-state index contributed by atoms with van der Waals surface area (Å²) in [5.41, 5.74) is 0.838. The van der Waals surface area contributed by atoms with E-state index in [-0.39, 0.29) is 29.6 Å². The number of carbonyl (C=O) groups is 1. The molecular weight excluding hydrogens is 416 g/mol. The first-order chi connectivity index (χ1) is 13.5. The van der Waals surface area contributed by atoms with E-state index in [1.54, 1.807) is 12.1 Å². The summed E-state index contributed by atoms with van der Waals surface area (Å²) in [5, 5.41) is 2.61. The third-order valence-corrected chi connectivity index (χ3v) is 5.14.